The van der Waals surface area contributed by atoms with Crippen LogP contribution in [0, 0.1) is 0 Å². The Labute approximate surface area is 132 Å². The molecule has 1 amide bonds. The van der Waals surface area contributed by atoms with Gasteiger partial charge in [0.1, 0.15) is 0 Å². The molecule has 0 saturated carbocycles. The number of sulfonamides is 1. The van der Waals surface area contributed by atoms with Gasteiger partial charge in [-0.3, -0.25) is 4.79 Å². The predicted octanol–water partition coefficient (Wildman–Crippen LogP) is 1.69. The van der Waals surface area contributed by atoms with Crippen LogP contribution in [-0.2, 0) is 10.0 Å². The summed E-state index contributed by atoms with van der Waals surface area (Å²) in [5.41, 5.74) is 1.60. The molecule has 23 heavy (non-hydrogen) atoms. The lowest BCUT2D eigenvalue weighted by Gasteiger charge is -2.00. The Morgan fingerprint density at radius 3 is 2.65 bits per heavy atom. The quantitative estimate of drug-likeness (QED) is 0.758. The SMILES string of the molecule is O=C(NS(=O)(=O)C=Cc1ccccc1)c1nc2ncccc2[nH]1. The van der Waals surface area contributed by atoms with Gasteiger partial charge in [-0.25, -0.2) is 23.1 Å². The molecular formula is C15H12N4O3S. The molecule has 0 bridgehead atoms. The fourth-order valence-electron chi connectivity index (χ4n) is 1.90. The Balaban J connectivity index is 1.77. The van der Waals surface area contributed by atoms with E-state index in [1.54, 1.807) is 36.4 Å². The van der Waals surface area contributed by atoms with E-state index >= 15 is 0 Å². The minimum atomic E-state index is -3.93. The van der Waals surface area contributed by atoms with E-state index < -0.39 is 15.9 Å². The van der Waals surface area contributed by atoms with Crippen LogP contribution in [0.2, 0.25) is 0 Å². The number of amides is 1. The van der Waals surface area contributed by atoms with E-state index in [0.29, 0.717) is 16.7 Å². The molecule has 0 saturated heterocycles. The number of hydrogen-bond acceptors (Lipinski definition) is 5. The maximum absolute atomic E-state index is 12.0. The number of nitrogens with one attached hydrogen (secondary N) is 2. The minimum Gasteiger partial charge on any atom is -0.332 e. The van der Waals surface area contributed by atoms with E-state index in [2.05, 4.69) is 15.0 Å². The third-order valence-electron chi connectivity index (χ3n) is 2.95. The molecule has 3 aromatic rings. The molecule has 8 heteroatoms. The van der Waals surface area contributed by atoms with E-state index in [9.17, 15) is 13.2 Å². The molecule has 0 aliphatic heterocycles. The topological polar surface area (TPSA) is 105 Å². The average Bonchev–Trinajstić information content (AvgIpc) is 2.98. The highest BCUT2D eigenvalue weighted by Crippen LogP contribution is 2.08. The normalized spacial score (nSPS) is 11.8. The molecule has 2 aromatic heterocycles. The summed E-state index contributed by atoms with van der Waals surface area (Å²) in [6, 6.07) is 12.3. The zero-order valence-corrected chi connectivity index (χ0v) is 12.6. The van der Waals surface area contributed by atoms with E-state index in [1.165, 1.54) is 12.3 Å². The van der Waals surface area contributed by atoms with Gasteiger partial charge in [0.25, 0.3) is 10.0 Å². The lowest BCUT2D eigenvalue weighted by atomic mass is 10.2. The minimum absolute atomic E-state index is 0.115. The lowest BCUT2D eigenvalue weighted by Crippen LogP contribution is -2.29. The Hall–Kier alpha value is -3.00. The van der Waals surface area contributed by atoms with E-state index in [0.717, 1.165) is 5.41 Å². The monoisotopic (exact) mass is 328 g/mol. The number of fused-ring (bicyclic) bond motifs is 1. The van der Waals surface area contributed by atoms with E-state index in [4.69, 9.17) is 0 Å². The van der Waals surface area contributed by atoms with Crippen molar-refractivity contribution in [2.45, 2.75) is 0 Å². The second-order valence-corrected chi connectivity index (χ2v) is 6.22. The molecule has 0 aliphatic rings. The predicted molar refractivity (Wildman–Crippen MR) is 85.8 cm³/mol. The van der Waals surface area contributed by atoms with Gasteiger partial charge in [0.05, 0.1) is 10.9 Å². The number of imidazole rings is 1. The summed E-state index contributed by atoms with van der Waals surface area (Å²) in [6.07, 6.45) is 2.93. The van der Waals surface area contributed by atoms with Crippen molar-refractivity contribution in [2.75, 3.05) is 0 Å². The number of rotatable bonds is 4. The van der Waals surface area contributed by atoms with Gasteiger partial charge in [0.2, 0.25) is 0 Å². The van der Waals surface area contributed by atoms with Gasteiger partial charge in [-0.15, -0.1) is 0 Å². The van der Waals surface area contributed by atoms with Crippen LogP contribution in [0.5, 0.6) is 0 Å². The van der Waals surface area contributed by atoms with Crippen LogP contribution in [0.4, 0.5) is 0 Å². The molecule has 1 aromatic carbocycles. The molecule has 3 rings (SSSR count). The van der Waals surface area contributed by atoms with Crippen LogP contribution in [0.3, 0.4) is 0 Å². The van der Waals surface area contributed by atoms with Crippen molar-refractivity contribution in [3.05, 3.63) is 65.5 Å². The molecule has 0 atom stereocenters. The fourth-order valence-corrected chi connectivity index (χ4v) is 2.66. The first-order chi connectivity index (χ1) is 11.0. The van der Waals surface area contributed by atoms with Gasteiger partial charge >= 0.3 is 5.91 Å². The van der Waals surface area contributed by atoms with Crippen molar-refractivity contribution in [3.8, 4) is 0 Å². The van der Waals surface area contributed by atoms with Crippen LogP contribution in [0.25, 0.3) is 17.2 Å². The van der Waals surface area contributed by atoms with E-state index in [1.807, 2.05) is 10.8 Å². The first kappa shape index (κ1) is 14.9. The number of carbonyl (C=O) groups excluding carboxylic acids is 1. The van der Waals surface area contributed by atoms with Crippen LogP contribution < -0.4 is 4.72 Å². The van der Waals surface area contributed by atoms with Crippen LogP contribution >= 0.6 is 0 Å². The summed E-state index contributed by atoms with van der Waals surface area (Å²) in [4.78, 5) is 22.6. The Bertz CT molecular complexity index is 945. The largest absolute Gasteiger partial charge is 0.332 e. The molecule has 0 unspecified atom stereocenters. The van der Waals surface area contributed by atoms with Gasteiger partial charge in [-0.05, 0) is 23.8 Å². The Kier molecular flexibility index (Phi) is 3.90. The molecule has 0 fully saturated rings. The molecular weight excluding hydrogens is 316 g/mol. The Morgan fingerprint density at radius 2 is 1.91 bits per heavy atom. The molecule has 2 N–H and O–H groups in total. The lowest BCUT2D eigenvalue weighted by molar-refractivity contribution is 0.0973. The van der Waals surface area contributed by atoms with Crippen molar-refractivity contribution >= 4 is 33.2 Å². The first-order valence-corrected chi connectivity index (χ1v) is 8.19. The first-order valence-electron chi connectivity index (χ1n) is 6.64. The molecule has 0 aliphatic carbocycles. The van der Waals surface area contributed by atoms with Crippen molar-refractivity contribution in [3.63, 3.8) is 0 Å². The Morgan fingerprint density at radius 1 is 1.13 bits per heavy atom. The van der Waals surface area contributed by atoms with Gasteiger partial charge in [-0.1, -0.05) is 30.3 Å². The number of H-pyrrole nitrogens is 1. The molecule has 0 radical (unpaired) electrons. The standard InChI is InChI=1S/C15H12N4O3S/c20-15(14-17-12-7-4-9-16-13(12)18-14)19-23(21,22)10-8-11-5-2-1-3-6-11/h1-10H,(H,19,20)(H,16,17,18). The molecule has 7 nitrogen and oxygen atoms in total. The average molecular weight is 328 g/mol. The summed E-state index contributed by atoms with van der Waals surface area (Å²) < 4.78 is 25.8. The number of carbonyl (C=O) groups is 1. The fraction of sp³-hybridized carbons (Fsp3) is 0. The van der Waals surface area contributed by atoms with Gasteiger partial charge in [0, 0.05) is 6.20 Å². The number of pyridine rings is 1. The number of aromatic amines is 1. The number of hydrogen-bond donors (Lipinski definition) is 2. The van der Waals surface area contributed by atoms with Gasteiger partial charge < -0.3 is 4.98 Å². The molecule has 0 spiro atoms. The third kappa shape index (κ3) is 3.61. The number of nitrogens with zero attached hydrogens (tertiary/aromatic N) is 2. The van der Waals surface area contributed by atoms with Crippen molar-refractivity contribution in [1.29, 1.82) is 0 Å². The van der Waals surface area contributed by atoms with Crippen LogP contribution in [0.15, 0.2) is 54.1 Å². The van der Waals surface area contributed by atoms with Crippen LogP contribution in [-0.4, -0.2) is 29.3 Å². The summed E-state index contributed by atoms with van der Waals surface area (Å²) in [5, 5.41) is 0.932. The number of aromatic nitrogens is 3. The maximum Gasteiger partial charge on any atom is 0.300 e. The highest BCUT2D eigenvalue weighted by molar-refractivity contribution is 7.93. The van der Waals surface area contributed by atoms with Crippen molar-refractivity contribution < 1.29 is 13.2 Å². The second kappa shape index (κ2) is 6.01. The summed E-state index contributed by atoms with van der Waals surface area (Å²) >= 11 is 0. The number of benzene rings is 1. The summed E-state index contributed by atoms with van der Waals surface area (Å²) in [7, 11) is -3.93. The highest BCUT2D eigenvalue weighted by atomic mass is 32.2. The molecule has 116 valence electrons. The molecule has 2 heterocycles. The van der Waals surface area contributed by atoms with Gasteiger partial charge in [0.15, 0.2) is 11.5 Å². The van der Waals surface area contributed by atoms with Crippen LogP contribution in [0.1, 0.15) is 16.2 Å². The highest BCUT2D eigenvalue weighted by Gasteiger charge is 2.17. The zero-order valence-electron chi connectivity index (χ0n) is 11.8. The second-order valence-electron chi connectivity index (χ2n) is 4.65. The zero-order chi connectivity index (χ0) is 16.3. The van der Waals surface area contributed by atoms with E-state index in [-0.39, 0.29) is 5.82 Å². The maximum atomic E-state index is 12.0. The third-order valence-corrected chi connectivity index (χ3v) is 3.91. The van der Waals surface area contributed by atoms with Gasteiger partial charge in [-0.2, -0.15) is 0 Å². The summed E-state index contributed by atoms with van der Waals surface area (Å²) in [6.45, 7) is 0. The smallest absolute Gasteiger partial charge is 0.300 e. The van der Waals surface area contributed by atoms with Crippen molar-refractivity contribution in [1.82, 2.24) is 19.7 Å². The van der Waals surface area contributed by atoms with Crippen molar-refractivity contribution in [2.24, 2.45) is 0 Å². The summed E-state index contributed by atoms with van der Waals surface area (Å²) in [5.74, 6) is -0.962.